The number of hydrogen-bond donors (Lipinski definition) is 0. The summed E-state index contributed by atoms with van der Waals surface area (Å²) in [6, 6.07) is 19.1. The minimum atomic E-state index is -0.0108. The molecular formula is C25H26N4O4S. The van der Waals surface area contributed by atoms with Gasteiger partial charge >= 0.3 is 0 Å². The fourth-order valence-electron chi connectivity index (χ4n) is 3.44. The van der Waals surface area contributed by atoms with Crippen LogP contribution >= 0.6 is 11.8 Å². The molecule has 176 valence electrons. The summed E-state index contributed by atoms with van der Waals surface area (Å²) in [7, 11) is 5.04. The summed E-state index contributed by atoms with van der Waals surface area (Å²) in [5.74, 6) is 3.16. The number of amides is 1. The SMILES string of the molecule is COc1cccc(CN(C)C(=O)CSc2nnc(-c3cccc(OC)c3)n2Cc2ccco2)c1. The van der Waals surface area contributed by atoms with E-state index in [1.165, 1.54) is 11.8 Å². The van der Waals surface area contributed by atoms with Crippen molar-refractivity contribution in [1.82, 2.24) is 19.7 Å². The molecule has 0 atom stereocenters. The van der Waals surface area contributed by atoms with Crippen LogP contribution in [-0.2, 0) is 17.9 Å². The first kappa shape index (κ1) is 23.4. The lowest BCUT2D eigenvalue weighted by atomic mass is 10.2. The number of thioether (sulfide) groups is 1. The summed E-state index contributed by atoms with van der Waals surface area (Å²) in [6.07, 6.45) is 1.63. The molecule has 0 aliphatic heterocycles. The first-order valence-corrected chi connectivity index (χ1v) is 11.7. The maximum atomic E-state index is 12.8. The van der Waals surface area contributed by atoms with Crippen LogP contribution < -0.4 is 9.47 Å². The monoisotopic (exact) mass is 478 g/mol. The van der Waals surface area contributed by atoms with E-state index in [4.69, 9.17) is 13.9 Å². The number of benzene rings is 2. The molecule has 0 fully saturated rings. The second-order valence-corrected chi connectivity index (χ2v) is 8.54. The number of methoxy groups -OCH3 is 2. The van der Waals surface area contributed by atoms with E-state index in [2.05, 4.69) is 10.2 Å². The average Bonchev–Trinajstić information content (AvgIpc) is 3.53. The zero-order valence-electron chi connectivity index (χ0n) is 19.3. The summed E-state index contributed by atoms with van der Waals surface area (Å²) >= 11 is 1.35. The zero-order chi connectivity index (χ0) is 23.9. The van der Waals surface area contributed by atoms with Crippen molar-refractivity contribution >= 4 is 17.7 Å². The van der Waals surface area contributed by atoms with Crippen molar-refractivity contribution < 1.29 is 18.7 Å². The third-order valence-corrected chi connectivity index (χ3v) is 6.19. The summed E-state index contributed by atoms with van der Waals surface area (Å²) in [4.78, 5) is 14.5. The molecule has 0 N–H and O–H groups in total. The van der Waals surface area contributed by atoms with Gasteiger partial charge in [0.2, 0.25) is 5.91 Å². The first-order chi connectivity index (χ1) is 16.6. The lowest BCUT2D eigenvalue weighted by Crippen LogP contribution is -2.28. The molecule has 8 nitrogen and oxygen atoms in total. The zero-order valence-corrected chi connectivity index (χ0v) is 20.1. The maximum absolute atomic E-state index is 12.8. The Morgan fingerprint density at radius 3 is 2.53 bits per heavy atom. The number of furan rings is 1. The third kappa shape index (κ3) is 5.60. The summed E-state index contributed by atoms with van der Waals surface area (Å²) < 4.78 is 18.1. The number of carbonyl (C=O) groups excluding carboxylic acids is 1. The van der Waals surface area contributed by atoms with E-state index in [0.717, 1.165) is 28.4 Å². The van der Waals surface area contributed by atoms with Crippen LogP contribution in [0.5, 0.6) is 11.5 Å². The van der Waals surface area contributed by atoms with Crippen molar-refractivity contribution in [3.8, 4) is 22.9 Å². The summed E-state index contributed by atoms with van der Waals surface area (Å²) in [5, 5.41) is 9.42. The quantitative estimate of drug-likeness (QED) is 0.313. The molecule has 0 bridgehead atoms. The van der Waals surface area contributed by atoms with Gasteiger partial charge in [0.15, 0.2) is 11.0 Å². The van der Waals surface area contributed by atoms with Gasteiger partial charge in [-0.25, -0.2) is 0 Å². The van der Waals surface area contributed by atoms with Gasteiger partial charge in [-0.2, -0.15) is 0 Å². The van der Waals surface area contributed by atoms with Crippen LogP contribution in [0.3, 0.4) is 0 Å². The number of ether oxygens (including phenoxy) is 2. The molecule has 0 spiro atoms. The Hall–Kier alpha value is -3.72. The fourth-order valence-corrected chi connectivity index (χ4v) is 4.32. The molecule has 34 heavy (non-hydrogen) atoms. The molecule has 9 heteroatoms. The van der Waals surface area contributed by atoms with Crippen molar-refractivity contribution in [2.75, 3.05) is 27.0 Å². The Balaban J connectivity index is 1.50. The Kier molecular flexibility index (Phi) is 7.54. The van der Waals surface area contributed by atoms with Crippen molar-refractivity contribution in [2.24, 2.45) is 0 Å². The molecule has 2 aromatic heterocycles. The number of hydrogen-bond acceptors (Lipinski definition) is 7. The molecular weight excluding hydrogens is 452 g/mol. The van der Waals surface area contributed by atoms with Gasteiger partial charge in [-0.05, 0) is 42.0 Å². The van der Waals surface area contributed by atoms with E-state index < -0.39 is 0 Å². The molecule has 2 heterocycles. The third-order valence-electron chi connectivity index (χ3n) is 5.24. The molecule has 2 aromatic carbocycles. The minimum Gasteiger partial charge on any atom is -0.497 e. The van der Waals surface area contributed by atoms with Gasteiger partial charge in [-0.15, -0.1) is 10.2 Å². The van der Waals surface area contributed by atoms with Crippen LogP contribution in [0.25, 0.3) is 11.4 Å². The molecule has 1 amide bonds. The predicted molar refractivity (Wildman–Crippen MR) is 130 cm³/mol. The highest BCUT2D eigenvalue weighted by atomic mass is 32.2. The minimum absolute atomic E-state index is 0.0108. The number of carbonyl (C=O) groups is 1. The van der Waals surface area contributed by atoms with Gasteiger partial charge in [-0.1, -0.05) is 36.0 Å². The molecule has 4 rings (SSSR count). The molecule has 0 aliphatic rings. The second kappa shape index (κ2) is 10.9. The predicted octanol–water partition coefficient (Wildman–Crippen LogP) is 4.35. The summed E-state index contributed by atoms with van der Waals surface area (Å²) in [6.45, 7) is 0.938. The van der Waals surface area contributed by atoms with E-state index in [1.807, 2.05) is 65.2 Å². The molecule has 4 aromatic rings. The van der Waals surface area contributed by atoms with E-state index in [0.29, 0.717) is 24.1 Å². The van der Waals surface area contributed by atoms with Gasteiger partial charge in [0, 0.05) is 19.2 Å². The highest BCUT2D eigenvalue weighted by molar-refractivity contribution is 7.99. The molecule has 0 radical (unpaired) electrons. The first-order valence-electron chi connectivity index (χ1n) is 10.7. The Morgan fingerprint density at radius 2 is 1.79 bits per heavy atom. The molecule has 0 aliphatic carbocycles. The number of nitrogens with zero attached hydrogens (tertiary/aromatic N) is 4. The topological polar surface area (TPSA) is 82.6 Å². The van der Waals surface area contributed by atoms with Crippen LogP contribution in [0, 0.1) is 0 Å². The highest BCUT2D eigenvalue weighted by Gasteiger charge is 2.19. The van der Waals surface area contributed by atoms with Gasteiger partial charge in [0.1, 0.15) is 17.3 Å². The van der Waals surface area contributed by atoms with Crippen molar-refractivity contribution in [2.45, 2.75) is 18.2 Å². The van der Waals surface area contributed by atoms with E-state index in [-0.39, 0.29) is 11.7 Å². The Morgan fingerprint density at radius 1 is 1.03 bits per heavy atom. The number of aromatic nitrogens is 3. The van der Waals surface area contributed by atoms with Crippen molar-refractivity contribution in [3.63, 3.8) is 0 Å². The van der Waals surface area contributed by atoms with Crippen molar-refractivity contribution in [3.05, 3.63) is 78.3 Å². The molecule has 0 saturated heterocycles. The van der Waals surface area contributed by atoms with E-state index in [9.17, 15) is 4.79 Å². The van der Waals surface area contributed by atoms with Crippen LogP contribution in [-0.4, -0.2) is 52.6 Å². The van der Waals surface area contributed by atoms with Crippen LogP contribution in [0.1, 0.15) is 11.3 Å². The van der Waals surface area contributed by atoms with Gasteiger partial charge in [0.25, 0.3) is 0 Å². The highest BCUT2D eigenvalue weighted by Crippen LogP contribution is 2.28. The second-order valence-electron chi connectivity index (χ2n) is 7.59. The van der Waals surface area contributed by atoms with E-state index >= 15 is 0 Å². The average molecular weight is 479 g/mol. The lowest BCUT2D eigenvalue weighted by Gasteiger charge is -2.17. The van der Waals surface area contributed by atoms with Crippen LogP contribution in [0.2, 0.25) is 0 Å². The summed E-state index contributed by atoms with van der Waals surface area (Å²) in [5.41, 5.74) is 1.87. The van der Waals surface area contributed by atoms with Crippen LogP contribution in [0.4, 0.5) is 0 Å². The standard InChI is InChI=1S/C25H26N4O4S/c1-28(15-18-7-4-9-20(13-18)31-2)23(30)17-34-25-27-26-24(19-8-5-10-21(14-19)32-3)29(25)16-22-11-6-12-33-22/h4-14H,15-17H2,1-3H3. The number of rotatable bonds is 10. The lowest BCUT2D eigenvalue weighted by molar-refractivity contribution is -0.127. The fraction of sp³-hybridized carbons (Fsp3) is 0.240. The Labute approximate surface area is 202 Å². The molecule has 0 saturated carbocycles. The van der Waals surface area contributed by atoms with E-state index in [1.54, 1.807) is 32.4 Å². The largest absolute Gasteiger partial charge is 0.497 e. The molecule has 0 unspecified atom stereocenters. The van der Waals surface area contributed by atoms with Crippen molar-refractivity contribution in [1.29, 1.82) is 0 Å². The Bertz CT molecular complexity index is 1240. The smallest absolute Gasteiger partial charge is 0.233 e. The maximum Gasteiger partial charge on any atom is 0.233 e. The van der Waals surface area contributed by atoms with Crippen LogP contribution in [0.15, 0.2) is 76.5 Å². The van der Waals surface area contributed by atoms with Gasteiger partial charge in [-0.3, -0.25) is 9.36 Å². The van der Waals surface area contributed by atoms with Gasteiger partial charge in [0.05, 0.1) is 32.8 Å². The normalized spacial score (nSPS) is 10.8. The van der Waals surface area contributed by atoms with Gasteiger partial charge < -0.3 is 18.8 Å².